The number of hydrogen-bond acceptors (Lipinski definition) is 7. The number of rotatable bonds is 3. The van der Waals surface area contributed by atoms with Crippen LogP contribution in [0.25, 0.3) is 10.9 Å². The summed E-state index contributed by atoms with van der Waals surface area (Å²) < 4.78 is 29.0. The lowest BCUT2D eigenvalue weighted by molar-refractivity contribution is 0.0206. The van der Waals surface area contributed by atoms with Crippen LogP contribution < -0.4 is 5.32 Å². The summed E-state index contributed by atoms with van der Waals surface area (Å²) in [5, 5.41) is 4.02. The molecule has 2 aromatic rings. The van der Waals surface area contributed by atoms with Gasteiger partial charge in [-0.2, -0.15) is 0 Å². The SMILES string of the molecule is CC(C)(C)OC(=O)N1CCC[C@@H](Nc2ncc3ccc(S(C)(=O)=O)cc3n2)C1. The predicted molar refractivity (Wildman–Crippen MR) is 107 cm³/mol. The molecular weight excluding hydrogens is 380 g/mol. The number of anilines is 1. The molecule has 1 atom stereocenters. The second kappa shape index (κ2) is 7.54. The molecule has 1 aliphatic heterocycles. The zero-order chi connectivity index (χ0) is 20.5. The molecular formula is C19H26N4O4S. The highest BCUT2D eigenvalue weighted by Gasteiger charge is 2.28. The van der Waals surface area contributed by atoms with Crippen LogP contribution in [0.1, 0.15) is 33.6 Å². The number of ether oxygens (including phenoxy) is 1. The number of nitrogens with one attached hydrogen (secondary N) is 1. The molecule has 152 valence electrons. The van der Waals surface area contributed by atoms with Gasteiger partial charge in [0.05, 0.1) is 10.4 Å². The van der Waals surface area contributed by atoms with Crippen LogP contribution in [-0.2, 0) is 14.6 Å². The Morgan fingerprint density at radius 2 is 2.07 bits per heavy atom. The van der Waals surface area contributed by atoms with E-state index in [9.17, 15) is 13.2 Å². The summed E-state index contributed by atoms with van der Waals surface area (Å²) in [5.74, 6) is 0.411. The van der Waals surface area contributed by atoms with E-state index in [1.54, 1.807) is 29.3 Å². The van der Waals surface area contributed by atoms with E-state index < -0.39 is 15.4 Å². The van der Waals surface area contributed by atoms with E-state index in [0.29, 0.717) is 24.6 Å². The first-order valence-corrected chi connectivity index (χ1v) is 11.1. The van der Waals surface area contributed by atoms with Gasteiger partial charge in [0.15, 0.2) is 9.84 Å². The first-order valence-electron chi connectivity index (χ1n) is 9.23. The molecule has 3 rings (SSSR count). The van der Waals surface area contributed by atoms with Gasteiger partial charge in [-0.3, -0.25) is 0 Å². The van der Waals surface area contributed by atoms with Gasteiger partial charge >= 0.3 is 6.09 Å². The average Bonchev–Trinajstić information content (AvgIpc) is 2.59. The molecule has 0 bridgehead atoms. The third-order valence-corrected chi connectivity index (χ3v) is 5.50. The molecule has 1 amide bonds. The summed E-state index contributed by atoms with van der Waals surface area (Å²) in [7, 11) is -3.31. The Kier molecular flexibility index (Phi) is 5.47. The van der Waals surface area contributed by atoms with Crippen LogP contribution in [0.4, 0.5) is 10.7 Å². The number of benzene rings is 1. The molecule has 9 heteroatoms. The number of fused-ring (bicyclic) bond motifs is 1. The fourth-order valence-corrected chi connectivity index (χ4v) is 3.71. The van der Waals surface area contributed by atoms with Crippen molar-refractivity contribution in [3.8, 4) is 0 Å². The Balaban J connectivity index is 1.73. The second-order valence-corrected chi connectivity index (χ2v) is 10.1. The summed E-state index contributed by atoms with van der Waals surface area (Å²) in [5.41, 5.74) is 0.0243. The van der Waals surface area contributed by atoms with E-state index in [1.807, 2.05) is 20.8 Å². The van der Waals surface area contributed by atoms with Crippen molar-refractivity contribution in [3.63, 3.8) is 0 Å². The maximum atomic E-state index is 12.3. The van der Waals surface area contributed by atoms with E-state index >= 15 is 0 Å². The first kappa shape index (κ1) is 20.3. The molecule has 0 spiro atoms. The largest absolute Gasteiger partial charge is 0.444 e. The van der Waals surface area contributed by atoms with Crippen LogP contribution >= 0.6 is 0 Å². The van der Waals surface area contributed by atoms with Crippen LogP contribution in [0.3, 0.4) is 0 Å². The third-order valence-electron chi connectivity index (χ3n) is 4.39. The van der Waals surface area contributed by atoms with Crippen molar-refractivity contribution in [2.45, 2.75) is 50.2 Å². The van der Waals surface area contributed by atoms with Crippen molar-refractivity contribution in [3.05, 3.63) is 24.4 Å². The van der Waals surface area contributed by atoms with Crippen molar-refractivity contribution < 1.29 is 17.9 Å². The van der Waals surface area contributed by atoms with Gasteiger partial charge in [-0.05, 0) is 51.8 Å². The zero-order valence-corrected chi connectivity index (χ0v) is 17.4. The van der Waals surface area contributed by atoms with Gasteiger partial charge in [-0.15, -0.1) is 0 Å². The topological polar surface area (TPSA) is 101 Å². The number of piperidine rings is 1. The van der Waals surface area contributed by atoms with Crippen LogP contribution in [0, 0.1) is 0 Å². The smallest absolute Gasteiger partial charge is 0.410 e. The Hall–Kier alpha value is -2.42. The van der Waals surface area contributed by atoms with E-state index in [2.05, 4.69) is 15.3 Å². The lowest BCUT2D eigenvalue weighted by Crippen LogP contribution is -2.47. The number of carbonyl (C=O) groups is 1. The molecule has 1 aromatic carbocycles. The summed E-state index contributed by atoms with van der Waals surface area (Å²) >= 11 is 0. The monoisotopic (exact) mass is 406 g/mol. The number of aromatic nitrogens is 2. The molecule has 2 heterocycles. The van der Waals surface area contributed by atoms with E-state index in [4.69, 9.17) is 4.74 Å². The summed E-state index contributed by atoms with van der Waals surface area (Å²) in [6, 6.07) is 4.79. The Morgan fingerprint density at radius 1 is 1.32 bits per heavy atom. The number of nitrogens with zero attached hydrogens (tertiary/aromatic N) is 3. The highest BCUT2D eigenvalue weighted by atomic mass is 32.2. The Labute approximate surface area is 165 Å². The molecule has 1 fully saturated rings. The van der Waals surface area contributed by atoms with Crippen molar-refractivity contribution in [2.24, 2.45) is 0 Å². The quantitative estimate of drug-likeness (QED) is 0.836. The van der Waals surface area contributed by atoms with Gasteiger partial charge in [0.1, 0.15) is 5.60 Å². The second-order valence-electron chi connectivity index (χ2n) is 8.10. The lowest BCUT2D eigenvalue weighted by atomic mass is 10.1. The average molecular weight is 407 g/mol. The standard InChI is InChI=1S/C19H26N4O4S/c1-19(2,3)27-18(24)23-9-5-6-14(12-23)21-17-20-11-13-7-8-15(28(4,25)26)10-16(13)22-17/h7-8,10-11,14H,5-6,9,12H2,1-4H3,(H,20,21,22)/t14-/m1/s1. The van der Waals surface area contributed by atoms with Crippen molar-refractivity contribution in [1.82, 2.24) is 14.9 Å². The number of likely N-dealkylation sites (tertiary alicyclic amines) is 1. The van der Waals surface area contributed by atoms with Gasteiger partial charge in [-0.25, -0.2) is 23.2 Å². The highest BCUT2D eigenvalue weighted by Crippen LogP contribution is 2.20. The van der Waals surface area contributed by atoms with Crippen LogP contribution in [0.2, 0.25) is 0 Å². The first-order chi connectivity index (χ1) is 13.0. The number of sulfone groups is 1. The van der Waals surface area contributed by atoms with Gasteiger partial charge in [0.2, 0.25) is 5.95 Å². The molecule has 1 N–H and O–H groups in total. The third kappa shape index (κ3) is 5.09. The number of hydrogen-bond donors (Lipinski definition) is 1. The minimum atomic E-state index is -3.31. The van der Waals surface area contributed by atoms with E-state index in [1.165, 1.54) is 6.26 Å². The van der Waals surface area contributed by atoms with Gasteiger partial charge in [-0.1, -0.05) is 0 Å². The van der Waals surface area contributed by atoms with Crippen LogP contribution in [0.15, 0.2) is 29.3 Å². The normalized spacial score (nSPS) is 18.1. The minimum Gasteiger partial charge on any atom is -0.444 e. The van der Waals surface area contributed by atoms with Crippen LogP contribution in [-0.4, -0.2) is 60.4 Å². The zero-order valence-electron chi connectivity index (χ0n) is 16.6. The molecule has 1 saturated heterocycles. The maximum Gasteiger partial charge on any atom is 0.410 e. The summed E-state index contributed by atoms with van der Waals surface area (Å²) in [4.78, 5) is 23.0. The fourth-order valence-electron chi connectivity index (χ4n) is 3.07. The molecule has 0 radical (unpaired) electrons. The predicted octanol–water partition coefficient (Wildman–Crippen LogP) is 2.84. The van der Waals surface area contributed by atoms with E-state index in [0.717, 1.165) is 18.2 Å². The number of amides is 1. The van der Waals surface area contributed by atoms with Crippen molar-refractivity contribution in [2.75, 3.05) is 24.7 Å². The van der Waals surface area contributed by atoms with Gasteiger partial charge in [0, 0.05) is 37.0 Å². The molecule has 1 aliphatic rings. The van der Waals surface area contributed by atoms with Crippen molar-refractivity contribution in [1.29, 1.82) is 0 Å². The molecule has 8 nitrogen and oxygen atoms in total. The van der Waals surface area contributed by atoms with Gasteiger partial charge < -0.3 is 15.0 Å². The molecule has 0 saturated carbocycles. The van der Waals surface area contributed by atoms with E-state index in [-0.39, 0.29) is 17.0 Å². The summed E-state index contributed by atoms with van der Waals surface area (Å²) in [6.07, 6.45) is 4.23. The highest BCUT2D eigenvalue weighted by molar-refractivity contribution is 7.90. The molecule has 0 unspecified atom stereocenters. The number of carbonyl (C=O) groups excluding carboxylic acids is 1. The van der Waals surface area contributed by atoms with Crippen LogP contribution in [0.5, 0.6) is 0 Å². The molecule has 1 aromatic heterocycles. The minimum absolute atomic E-state index is 0.00295. The Bertz CT molecular complexity index is 985. The molecule has 28 heavy (non-hydrogen) atoms. The van der Waals surface area contributed by atoms with Crippen molar-refractivity contribution >= 4 is 32.8 Å². The summed E-state index contributed by atoms with van der Waals surface area (Å²) in [6.45, 7) is 6.69. The maximum absolute atomic E-state index is 12.3. The Morgan fingerprint density at radius 3 is 2.75 bits per heavy atom. The van der Waals surface area contributed by atoms with Gasteiger partial charge in [0.25, 0.3) is 0 Å². The molecule has 0 aliphatic carbocycles. The fraction of sp³-hybridized carbons (Fsp3) is 0.526. The lowest BCUT2D eigenvalue weighted by Gasteiger charge is -2.34.